The van der Waals surface area contributed by atoms with E-state index in [1.807, 2.05) is 4.90 Å². The van der Waals surface area contributed by atoms with E-state index in [9.17, 15) is 9.59 Å². The minimum absolute atomic E-state index is 0.0259. The summed E-state index contributed by atoms with van der Waals surface area (Å²) in [7, 11) is 0. The number of hydrogen-bond acceptors (Lipinski definition) is 3. The number of carboxylic acid groups (broad SMARTS) is 1. The maximum atomic E-state index is 12.8. The Morgan fingerprint density at radius 1 is 1.12 bits per heavy atom. The van der Waals surface area contributed by atoms with Gasteiger partial charge in [0.05, 0.1) is 6.04 Å². The van der Waals surface area contributed by atoms with Gasteiger partial charge >= 0.3 is 12.0 Å². The van der Waals surface area contributed by atoms with Crippen LogP contribution in [0.1, 0.15) is 63.5 Å². The van der Waals surface area contributed by atoms with Gasteiger partial charge in [0.1, 0.15) is 0 Å². The van der Waals surface area contributed by atoms with Crippen LogP contribution in [0.4, 0.5) is 10.5 Å². The third kappa shape index (κ3) is 5.45. The molecule has 0 radical (unpaired) electrons. The molecule has 6 heteroatoms. The number of rotatable bonds is 7. The summed E-state index contributed by atoms with van der Waals surface area (Å²) in [4.78, 5) is 28.3. The lowest BCUT2D eigenvalue weighted by molar-refractivity contribution is -0.137. The van der Waals surface area contributed by atoms with Crippen molar-refractivity contribution in [1.82, 2.24) is 10.2 Å². The fraction of sp³-hybridized carbons (Fsp3) is 0.692. The molecule has 32 heavy (non-hydrogen) atoms. The van der Waals surface area contributed by atoms with Crippen LogP contribution in [0.15, 0.2) is 18.2 Å². The zero-order chi connectivity index (χ0) is 22.7. The number of benzene rings is 1. The minimum atomic E-state index is -0.695. The summed E-state index contributed by atoms with van der Waals surface area (Å²) in [6.07, 6.45) is 7.49. The van der Waals surface area contributed by atoms with Crippen molar-refractivity contribution in [3.63, 3.8) is 0 Å². The smallest absolute Gasteiger partial charge is 0.322 e. The second-order valence-corrected chi connectivity index (χ2v) is 10.5. The highest BCUT2D eigenvalue weighted by molar-refractivity contribution is 5.95. The Bertz CT molecular complexity index is 817. The molecule has 2 heterocycles. The van der Waals surface area contributed by atoms with E-state index >= 15 is 0 Å². The zero-order valence-corrected chi connectivity index (χ0v) is 19.7. The topological polar surface area (TPSA) is 72.9 Å². The third-order valence-corrected chi connectivity index (χ3v) is 7.70. The lowest BCUT2D eigenvalue weighted by Gasteiger charge is -2.35. The van der Waals surface area contributed by atoms with Crippen molar-refractivity contribution in [3.05, 3.63) is 29.3 Å². The first-order valence-electron chi connectivity index (χ1n) is 12.5. The molecule has 2 aliphatic heterocycles. The number of urea groups is 1. The molecule has 0 aromatic heterocycles. The molecule has 4 rings (SSSR count). The summed E-state index contributed by atoms with van der Waals surface area (Å²) in [5.74, 6) is 0.983. The number of nitrogens with zero attached hydrogens (tertiary/aromatic N) is 2. The lowest BCUT2D eigenvalue weighted by Crippen LogP contribution is -2.40. The van der Waals surface area contributed by atoms with Crippen LogP contribution < -0.4 is 10.2 Å². The van der Waals surface area contributed by atoms with Gasteiger partial charge < -0.3 is 15.3 Å². The highest BCUT2D eigenvalue weighted by Gasteiger charge is 2.39. The monoisotopic (exact) mass is 441 g/mol. The maximum absolute atomic E-state index is 12.8. The van der Waals surface area contributed by atoms with Crippen molar-refractivity contribution >= 4 is 17.7 Å². The molecule has 2 amide bonds. The maximum Gasteiger partial charge on any atom is 0.322 e. The van der Waals surface area contributed by atoms with Gasteiger partial charge in [0, 0.05) is 38.3 Å². The zero-order valence-electron chi connectivity index (χ0n) is 19.7. The van der Waals surface area contributed by atoms with Gasteiger partial charge in [0.25, 0.3) is 0 Å². The molecule has 0 bridgehead atoms. The molecule has 1 saturated carbocycles. The molecule has 3 aliphatic rings. The molecule has 1 saturated heterocycles. The summed E-state index contributed by atoms with van der Waals surface area (Å²) < 4.78 is 0. The van der Waals surface area contributed by atoms with Crippen LogP contribution in [0, 0.1) is 17.8 Å². The molecule has 1 aromatic rings. The van der Waals surface area contributed by atoms with Crippen molar-refractivity contribution < 1.29 is 14.7 Å². The average molecular weight is 442 g/mol. The van der Waals surface area contributed by atoms with Crippen LogP contribution in [-0.2, 0) is 17.6 Å². The van der Waals surface area contributed by atoms with Crippen molar-refractivity contribution in [2.75, 3.05) is 31.1 Å². The number of aliphatic carboxylic acids is 1. The Balaban J connectivity index is 1.42. The first-order chi connectivity index (χ1) is 15.4. The normalized spacial score (nSPS) is 26.7. The summed E-state index contributed by atoms with van der Waals surface area (Å²) in [5, 5.41) is 12.0. The largest absolute Gasteiger partial charge is 0.481 e. The number of fused-ring (bicyclic) bond motifs is 1. The van der Waals surface area contributed by atoms with Crippen molar-refractivity contribution in [3.8, 4) is 0 Å². The SMILES string of the molecule is CC(C)CN1CCc2ccc(N3C(=O)NCC3C3CCC(CCC(=O)O)CC3)cc2CC1. The van der Waals surface area contributed by atoms with Crippen LogP contribution >= 0.6 is 0 Å². The van der Waals surface area contributed by atoms with Crippen LogP contribution in [-0.4, -0.2) is 54.2 Å². The predicted molar refractivity (Wildman–Crippen MR) is 127 cm³/mol. The predicted octanol–water partition coefficient (Wildman–Crippen LogP) is 4.31. The van der Waals surface area contributed by atoms with E-state index in [2.05, 4.69) is 42.3 Å². The van der Waals surface area contributed by atoms with E-state index in [0.29, 0.717) is 24.3 Å². The number of carbonyl (C=O) groups is 2. The first kappa shape index (κ1) is 23.1. The van der Waals surface area contributed by atoms with Gasteiger partial charge in [0.2, 0.25) is 0 Å². The van der Waals surface area contributed by atoms with E-state index < -0.39 is 5.97 Å². The van der Waals surface area contributed by atoms with E-state index in [-0.39, 0.29) is 18.5 Å². The fourth-order valence-electron chi connectivity index (χ4n) is 6.00. The molecular weight excluding hydrogens is 402 g/mol. The number of amides is 2. The minimum Gasteiger partial charge on any atom is -0.481 e. The van der Waals surface area contributed by atoms with E-state index in [0.717, 1.165) is 70.3 Å². The van der Waals surface area contributed by atoms with Gasteiger partial charge in [-0.3, -0.25) is 9.69 Å². The number of anilines is 1. The molecule has 6 nitrogen and oxygen atoms in total. The standard InChI is InChI=1S/C26H39N3O3/c1-18(2)17-28-13-11-20-8-9-23(15-22(20)12-14-28)29-24(16-27-26(29)32)21-6-3-19(4-7-21)5-10-25(30)31/h8-9,15,18-19,21,24H,3-7,10-14,16-17H2,1-2H3,(H,27,32)(H,30,31). The molecule has 0 spiro atoms. The van der Waals surface area contributed by atoms with Gasteiger partial charge in [-0.05, 0) is 73.1 Å². The Hall–Kier alpha value is -2.08. The third-order valence-electron chi connectivity index (χ3n) is 7.70. The molecule has 176 valence electrons. The summed E-state index contributed by atoms with van der Waals surface area (Å²) >= 11 is 0. The first-order valence-corrected chi connectivity index (χ1v) is 12.5. The van der Waals surface area contributed by atoms with E-state index in [1.165, 1.54) is 11.1 Å². The van der Waals surface area contributed by atoms with Crippen LogP contribution in [0.3, 0.4) is 0 Å². The Morgan fingerprint density at radius 2 is 1.84 bits per heavy atom. The number of carbonyl (C=O) groups excluding carboxylic acids is 1. The number of carboxylic acids is 1. The van der Waals surface area contributed by atoms with Gasteiger partial charge in [-0.25, -0.2) is 4.79 Å². The van der Waals surface area contributed by atoms with Crippen molar-refractivity contribution in [2.45, 2.75) is 71.3 Å². The molecule has 1 aromatic carbocycles. The summed E-state index contributed by atoms with van der Waals surface area (Å²) in [6, 6.07) is 6.88. The van der Waals surface area contributed by atoms with Crippen LogP contribution in [0.5, 0.6) is 0 Å². The van der Waals surface area contributed by atoms with Gasteiger partial charge in [-0.1, -0.05) is 32.8 Å². The average Bonchev–Trinajstić information content (AvgIpc) is 3.04. The van der Waals surface area contributed by atoms with Gasteiger partial charge in [-0.2, -0.15) is 0 Å². The van der Waals surface area contributed by atoms with Crippen molar-refractivity contribution in [1.29, 1.82) is 0 Å². The summed E-state index contributed by atoms with van der Waals surface area (Å²) in [6.45, 7) is 8.62. The van der Waals surface area contributed by atoms with E-state index in [4.69, 9.17) is 5.11 Å². The Kier molecular flexibility index (Phi) is 7.39. The highest BCUT2D eigenvalue weighted by Crippen LogP contribution is 2.37. The number of nitrogens with one attached hydrogen (secondary N) is 1. The highest BCUT2D eigenvalue weighted by atomic mass is 16.4. The number of hydrogen-bond donors (Lipinski definition) is 2. The molecule has 2 N–H and O–H groups in total. The molecule has 2 fully saturated rings. The molecular formula is C26H39N3O3. The van der Waals surface area contributed by atoms with Crippen LogP contribution in [0.25, 0.3) is 0 Å². The Labute approximate surface area is 192 Å². The summed E-state index contributed by atoms with van der Waals surface area (Å²) in [5.41, 5.74) is 3.86. The second kappa shape index (κ2) is 10.2. The second-order valence-electron chi connectivity index (χ2n) is 10.5. The Morgan fingerprint density at radius 3 is 2.53 bits per heavy atom. The molecule has 1 atom stereocenters. The lowest BCUT2D eigenvalue weighted by atomic mass is 9.76. The molecule has 1 aliphatic carbocycles. The molecule has 1 unspecified atom stereocenters. The van der Waals surface area contributed by atoms with Crippen LogP contribution in [0.2, 0.25) is 0 Å². The van der Waals surface area contributed by atoms with Gasteiger partial charge in [0.15, 0.2) is 0 Å². The quantitative estimate of drug-likeness (QED) is 0.661. The fourth-order valence-corrected chi connectivity index (χ4v) is 6.00. The van der Waals surface area contributed by atoms with Crippen molar-refractivity contribution in [2.24, 2.45) is 17.8 Å². The van der Waals surface area contributed by atoms with E-state index in [1.54, 1.807) is 0 Å². The van der Waals surface area contributed by atoms with Gasteiger partial charge in [-0.15, -0.1) is 0 Å².